The van der Waals surface area contributed by atoms with Crippen molar-refractivity contribution in [2.45, 2.75) is 38.0 Å². The second-order valence-electron chi connectivity index (χ2n) is 8.77. The van der Waals surface area contributed by atoms with E-state index in [1.807, 2.05) is 24.3 Å². The van der Waals surface area contributed by atoms with E-state index in [2.05, 4.69) is 28.4 Å². The van der Waals surface area contributed by atoms with Crippen LogP contribution < -0.4 is 5.32 Å². The molecule has 1 saturated heterocycles. The fourth-order valence-electron chi connectivity index (χ4n) is 5.30. The molecule has 3 heterocycles. The number of fused-ring (bicyclic) bond motifs is 2. The molecule has 0 saturated carbocycles. The third-order valence-corrected chi connectivity index (χ3v) is 6.83. The number of amides is 1. The molecule has 1 fully saturated rings. The number of benzene rings is 2. The Kier molecular flexibility index (Phi) is 6.00. The van der Waals surface area contributed by atoms with Gasteiger partial charge in [0, 0.05) is 55.2 Å². The van der Waals surface area contributed by atoms with Gasteiger partial charge in [0.2, 0.25) is 0 Å². The molecule has 5 rings (SSSR count). The van der Waals surface area contributed by atoms with Crippen LogP contribution in [0.2, 0.25) is 0 Å². The van der Waals surface area contributed by atoms with Gasteiger partial charge in [-0.2, -0.15) is 0 Å². The van der Waals surface area contributed by atoms with Gasteiger partial charge < -0.3 is 19.5 Å². The molecule has 0 aliphatic carbocycles. The van der Waals surface area contributed by atoms with Crippen molar-refractivity contribution in [1.82, 2.24) is 4.90 Å². The number of para-hydroxylation sites is 1. The van der Waals surface area contributed by atoms with Gasteiger partial charge in [0.1, 0.15) is 12.4 Å². The van der Waals surface area contributed by atoms with Gasteiger partial charge in [0.05, 0.1) is 18.8 Å². The van der Waals surface area contributed by atoms with E-state index in [0.717, 1.165) is 61.4 Å². The SMILES string of the molecule is COC[C@@H]1CC[C@@H](COC)N1CCc1ccc2c(c1)CO/C2=C1/C(=O)Nc2ccccc21. The molecule has 6 nitrogen and oxygen atoms in total. The molecule has 0 unspecified atom stereocenters. The maximum Gasteiger partial charge on any atom is 0.260 e. The topological polar surface area (TPSA) is 60.0 Å². The highest BCUT2D eigenvalue weighted by molar-refractivity contribution is 6.36. The third-order valence-electron chi connectivity index (χ3n) is 6.83. The molecular weight excluding hydrogens is 404 g/mol. The highest BCUT2D eigenvalue weighted by Crippen LogP contribution is 2.41. The Morgan fingerprint density at radius 3 is 2.53 bits per heavy atom. The van der Waals surface area contributed by atoms with Crippen molar-refractivity contribution < 1.29 is 19.0 Å². The van der Waals surface area contributed by atoms with Crippen LogP contribution >= 0.6 is 0 Å². The van der Waals surface area contributed by atoms with Crippen LogP contribution in [0, 0.1) is 0 Å². The van der Waals surface area contributed by atoms with E-state index >= 15 is 0 Å². The van der Waals surface area contributed by atoms with Gasteiger partial charge in [-0.05, 0) is 30.9 Å². The number of methoxy groups -OCH3 is 2. The Morgan fingerprint density at radius 1 is 1.03 bits per heavy atom. The quantitative estimate of drug-likeness (QED) is 0.674. The van der Waals surface area contributed by atoms with Crippen molar-refractivity contribution in [2.24, 2.45) is 0 Å². The van der Waals surface area contributed by atoms with E-state index in [0.29, 0.717) is 30.0 Å². The lowest BCUT2D eigenvalue weighted by molar-refractivity contribution is -0.110. The molecule has 1 N–H and O–H groups in total. The minimum atomic E-state index is -0.0967. The van der Waals surface area contributed by atoms with E-state index in [1.165, 1.54) is 5.56 Å². The zero-order chi connectivity index (χ0) is 22.1. The molecule has 0 aromatic heterocycles. The van der Waals surface area contributed by atoms with E-state index < -0.39 is 0 Å². The molecule has 1 amide bonds. The number of carbonyl (C=O) groups excluding carboxylic acids is 1. The van der Waals surface area contributed by atoms with Crippen LogP contribution in [0.5, 0.6) is 0 Å². The van der Waals surface area contributed by atoms with E-state index in [4.69, 9.17) is 14.2 Å². The van der Waals surface area contributed by atoms with Crippen molar-refractivity contribution >= 4 is 22.9 Å². The number of nitrogens with zero attached hydrogens (tertiary/aromatic N) is 1. The smallest absolute Gasteiger partial charge is 0.260 e. The van der Waals surface area contributed by atoms with Crippen molar-refractivity contribution in [2.75, 3.05) is 39.3 Å². The fourth-order valence-corrected chi connectivity index (χ4v) is 5.30. The summed E-state index contributed by atoms with van der Waals surface area (Å²) in [6.07, 6.45) is 3.27. The Morgan fingerprint density at radius 2 is 1.78 bits per heavy atom. The Labute approximate surface area is 189 Å². The molecule has 32 heavy (non-hydrogen) atoms. The molecule has 3 aliphatic rings. The highest BCUT2D eigenvalue weighted by atomic mass is 16.5. The average molecular weight is 435 g/mol. The molecular formula is C26H30N2O4. The fraction of sp³-hybridized carbons (Fsp3) is 0.423. The molecule has 6 heteroatoms. The van der Waals surface area contributed by atoms with Gasteiger partial charge in [0.15, 0.2) is 0 Å². The molecule has 0 bridgehead atoms. The van der Waals surface area contributed by atoms with Gasteiger partial charge >= 0.3 is 0 Å². The van der Waals surface area contributed by atoms with Crippen LogP contribution in [0.3, 0.4) is 0 Å². The van der Waals surface area contributed by atoms with Crippen molar-refractivity contribution in [1.29, 1.82) is 0 Å². The second-order valence-corrected chi connectivity index (χ2v) is 8.77. The normalized spacial score (nSPS) is 24.4. The van der Waals surface area contributed by atoms with E-state index in [1.54, 1.807) is 14.2 Å². The largest absolute Gasteiger partial charge is 0.487 e. The van der Waals surface area contributed by atoms with Crippen molar-refractivity contribution in [3.05, 3.63) is 64.7 Å². The van der Waals surface area contributed by atoms with Gasteiger partial charge in [-0.25, -0.2) is 0 Å². The third kappa shape index (κ3) is 3.83. The van der Waals surface area contributed by atoms with Crippen molar-refractivity contribution in [3.8, 4) is 0 Å². The Bertz CT molecular complexity index is 1030. The Hall–Kier alpha value is -2.67. The summed E-state index contributed by atoms with van der Waals surface area (Å²) in [5.74, 6) is 0.592. The number of nitrogens with one attached hydrogen (secondary N) is 1. The van der Waals surface area contributed by atoms with Crippen LogP contribution in [0.25, 0.3) is 11.3 Å². The zero-order valence-electron chi connectivity index (χ0n) is 18.7. The first-order chi connectivity index (χ1) is 15.7. The van der Waals surface area contributed by atoms with E-state index in [9.17, 15) is 4.79 Å². The monoisotopic (exact) mass is 434 g/mol. The summed E-state index contributed by atoms with van der Waals surface area (Å²) in [5.41, 5.74) is 5.84. The first-order valence-electron chi connectivity index (χ1n) is 11.3. The summed E-state index contributed by atoms with van der Waals surface area (Å²) in [4.78, 5) is 15.2. The molecule has 2 aromatic rings. The van der Waals surface area contributed by atoms with Crippen molar-refractivity contribution in [3.63, 3.8) is 0 Å². The summed E-state index contributed by atoms with van der Waals surface area (Å²) < 4.78 is 16.9. The van der Waals surface area contributed by atoms with Crippen LogP contribution in [0.15, 0.2) is 42.5 Å². The lowest BCUT2D eigenvalue weighted by atomic mass is 9.98. The standard InChI is InChI=1S/C26H30N2O4/c1-30-15-19-8-9-20(16-31-2)28(19)12-11-17-7-10-21-18(13-17)14-32-25(21)24-22-5-3-4-6-23(22)27-26(24)29/h3-7,10,13,19-20H,8-9,11-12,14-16H2,1-2H3,(H,27,29)/b25-24+/t19-,20-/m0/s1. The van der Waals surface area contributed by atoms with E-state index in [-0.39, 0.29) is 5.91 Å². The number of ether oxygens (including phenoxy) is 3. The second kappa shape index (κ2) is 9.06. The number of rotatable bonds is 7. The van der Waals surface area contributed by atoms with Gasteiger partial charge in [-0.3, -0.25) is 9.69 Å². The number of anilines is 1. The van der Waals surface area contributed by atoms with Crippen LogP contribution in [0.1, 0.15) is 35.1 Å². The van der Waals surface area contributed by atoms with Crippen LogP contribution in [-0.2, 0) is 32.0 Å². The molecule has 0 radical (unpaired) electrons. The predicted molar refractivity (Wildman–Crippen MR) is 124 cm³/mol. The molecule has 2 aromatic carbocycles. The van der Waals surface area contributed by atoms with Crippen LogP contribution in [-0.4, -0.2) is 56.9 Å². The maximum atomic E-state index is 12.6. The minimum absolute atomic E-state index is 0.0967. The molecule has 168 valence electrons. The maximum absolute atomic E-state index is 12.6. The predicted octanol–water partition coefficient (Wildman–Crippen LogP) is 3.71. The first kappa shape index (κ1) is 21.2. The zero-order valence-corrected chi connectivity index (χ0v) is 18.7. The molecule has 3 aliphatic heterocycles. The summed E-state index contributed by atoms with van der Waals surface area (Å²) in [5, 5.41) is 2.94. The lowest BCUT2D eigenvalue weighted by Crippen LogP contribution is -2.41. The number of hydrogen-bond donors (Lipinski definition) is 1. The number of hydrogen-bond acceptors (Lipinski definition) is 5. The average Bonchev–Trinajstić information content (AvgIpc) is 3.47. The number of carbonyl (C=O) groups is 1. The van der Waals surface area contributed by atoms with Gasteiger partial charge in [0.25, 0.3) is 5.91 Å². The summed E-state index contributed by atoms with van der Waals surface area (Å²) in [6, 6.07) is 15.2. The summed E-state index contributed by atoms with van der Waals surface area (Å²) >= 11 is 0. The first-order valence-corrected chi connectivity index (χ1v) is 11.3. The lowest BCUT2D eigenvalue weighted by Gasteiger charge is -2.29. The molecule has 0 spiro atoms. The molecule has 2 atom stereocenters. The highest BCUT2D eigenvalue weighted by Gasteiger charge is 2.34. The Balaban J connectivity index is 1.35. The minimum Gasteiger partial charge on any atom is -0.487 e. The summed E-state index contributed by atoms with van der Waals surface area (Å²) in [7, 11) is 3.55. The van der Waals surface area contributed by atoms with Crippen LogP contribution in [0.4, 0.5) is 5.69 Å². The van der Waals surface area contributed by atoms with Gasteiger partial charge in [-0.1, -0.05) is 36.4 Å². The summed E-state index contributed by atoms with van der Waals surface area (Å²) in [6.45, 7) is 3.00. The van der Waals surface area contributed by atoms with Gasteiger partial charge in [-0.15, -0.1) is 0 Å². The number of likely N-dealkylation sites (tertiary alicyclic amines) is 1.